The van der Waals surface area contributed by atoms with E-state index < -0.39 is 16.4 Å². The van der Waals surface area contributed by atoms with Crippen molar-refractivity contribution in [2.75, 3.05) is 0 Å². The zero-order chi connectivity index (χ0) is 16.6. The molecule has 0 aromatic heterocycles. The fourth-order valence-electron chi connectivity index (χ4n) is 1.94. The molecular weight excluding hydrogens is 296 g/mol. The van der Waals surface area contributed by atoms with Gasteiger partial charge in [0.15, 0.2) is 0 Å². The molecule has 0 aromatic rings. The molecule has 0 saturated heterocycles. The largest absolute Gasteiger partial charge is 0.481 e. The quantitative estimate of drug-likeness (QED) is 0.367. The van der Waals surface area contributed by atoms with Gasteiger partial charge in [-0.1, -0.05) is 71.1 Å². The summed E-state index contributed by atoms with van der Waals surface area (Å²) < 4.78 is 31.6. The van der Waals surface area contributed by atoms with Crippen molar-refractivity contribution >= 4 is 16.4 Å². The second-order valence-electron chi connectivity index (χ2n) is 5.13. The maximum absolute atomic E-state index is 10.3. The van der Waals surface area contributed by atoms with Gasteiger partial charge in [0, 0.05) is 6.42 Å². The SMILES string of the molecule is CCCCCCCCCCCCCC(=O)O.O=S(=O)(O)O. The number of carboxylic acids is 1. The first kappa shape index (κ1) is 22.6. The normalized spacial score (nSPS) is 10.8. The van der Waals surface area contributed by atoms with Crippen molar-refractivity contribution in [3.8, 4) is 0 Å². The van der Waals surface area contributed by atoms with Crippen LogP contribution in [-0.2, 0) is 15.2 Å². The maximum atomic E-state index is 10.3. The standard InChI is InChI=1S/C14H28O2.H2O4S/c1-2-3-4-5-6-7-8-9-10-11-12-13-14(15)16;1-5(2,3)4/h2-13H2,1H3,(H,15,16);(H2,1,2,3,4). The predicted molar refractivity (Wildman–Crippen MR) is 82.9 cm³/mol. The molecule has 6 nitrogen and oxygen atoms in total. The third kappa shape index (κ3) is 38.2. The molecule has 0 spiro atoms. The molecule has 7 heteroatoms. The van der Waals surface area contributed by atoms with Gasteiger partial charge in [0.2, 0.25) is 0 Å². The number of aliphatic carboxylic acids is 1. The van der Waals surface area contributed by atoms with Crippen molar-refractivity contribution in [2.24, 2.45) is 0 Å². The molecule has 0 bridgehead atoms. The lowest BCUT2D eigenvalue weighted by molar-refractivity contribution is -0.137. The van der Waals surface area contributed by atoms with E-state index in [0.29, 0.717) is 6.42 Å². The predicted octanol–water partition coefficient (Wildman–Crippen LogP) is 4.12. The summed E-state index contributed by atoms with van der Waals surface area (Å²) >= 11 is 0. The summed E-state index contributed by atoms with van der Waals surface area (Å²) in [5.74, 6) is -0.657. The summed E-state index contributed by atoms with van der Waals surface area (Å²) in [4.78, 5) is 10.3. The molecule has 0 atom stereocenters. The third-order valence-electron chi connectivity index (χ3n) is 2.99. The van der Waals surface area contributed by atoms with Crippen LogP contribution in [0.15, 0.2) is 0 Å². The second kappa shape index (κ2) is 15.7. The number of carboxylic acid groups (broad SMARTS) is 1. The van der Waals surface area contributed by atoms with Gasteiger partial charge in [-0.3, -0.25) is 13.9 Å². The molecule has 128 valence electrons. The van der Waals surface area contributed by atoms with E-state index in [1.54, 1.807) is 0 Å². The molecule has 0 amide bonds. The van der Waals surface area contributed by atoms with Gasteiger partial charge in [-0.25, -0.2) is 0 Å². The lowest BCUT2D eigenvalue weighted by Gasteiger charge is -2.01. The van der Waals surface area contributed by atoms with Crippen LogP contribution in [0.5, 0.6) is 0 Å². The van der Waals surface area contributed by atoms with Crippen LogP contribution in [0.4, 0.5) is 0 Å². The summed E-state index contributed by atoms with van der Waals surface area (Å²) in [6, 6.07) is 0. The van der Waals surface area contributed by atoms with E-state index in [1.807, 2.05) is 0 Å². The van der Waals surface area contributed by atoms with E-state index in [4.69, 9.17) is 22.6 Å². The molecule has 0 radical (unpaired) electrons. The molecule has 0 unspecified atom stereocenters. The van der Waals surface area contributed by atoms with Gasteiger partial charge in [-0.05, 0) is 6.42 Å². The van der Waals surface area contributed by atoms with Crippen molar-refractivity contribution in [1.29, 1.82) is 0 Å². The Bertz CT molecular complexity index is 318. The van der Waals surface area contributed by atoms with Crippen LogP contribution in [0, 0.1) is 0 Å². The highest BCUT2D eigenvalue weighted by molar-refractivity contribution is 7.79. The Morgan fingerprint density at radius 1 is 0.762 bits per heavy atom. The van der Waals surface area contributed by atoms with Crippen LogP contribution in [0.1, 0.15) is 84.0 Å². The highest BCUT2D eigenvalue weighted by Gasteiger charge is 1.96. The van der Waals surface area contributed by atoms with E-state index in [-0.39, 0.29) is 0 Å². The fraction of sp³-hybridized carbons (Fsp3) is 0.929. The van der Waals surface area contributed by atoms with Gasteiger partial charge in [-0.15, -0.1) is 0 Å². The van der Waals surface area contributed by atoms with Crippen LogP contribution >= 0.6 is 0 Å². The molecule has 0 aliphatic rings. The Kier molecular flexibility index (Phi) is 16.9. The average molecular weight is 326 g/mol. The Labute approximate surface area is 128 Å². The summed E-state index contributed by atoms with van der Waals surface area (Å²) in [5.41, 5.74) is 0. The molecule has 0 aliphatic carbocycles. The summed E-state index contributed by atoms with van der Waals surface area (Å²) in [6.07, 6.45) is 14.4. The van der Waals surface area contributed by atoms with E-state index in [2.05, 4.69) is 6.92 Å². The van der Waals surface area contributed by atoms with Crippen LogP contribution in [0.25, 0.3) is 0 Å². The highest BCUT2D eigenvalue weighted by Crippen LogP contribution is 2.11. The van der Waals surface area contributed by atoms with Crippen molar-refractivity contribution in [3.05, 3.63) is 0 Å². The summed E-state index contributed by atoms with van der Waals surface area (Å²) in [7, 11) is -4.67. The second-order valence-corrected chi connectivity index (χ2v) is 6.02. The minimum absolute atomic E-state index is 0.344. The van der Waals surface area contributed by atoms with Gasteiger partial charge >= 0.3 is 16.4 Å². The molecule has 21 heavy (non-hydrogen) atoms. The highest BCUT2D eigenvalue weighted by atomic mass is 32.3. The first-order valence-corrected chi connectivity index (χ1v) is 9.08. The third-order valence-corrected chi connectivity index (χ3v) is 2.99. The zero-order valence-electron chi connectivity index (χ0n) is 13.0. The number of carbonyl (C=O) groups is 1. The molecule has 0 rings (SSSR count). The molecule has 0 fully saturated rings. The molecule has 0 heterocycles. The Morgan fingerprint density at radius 3 is 1.33 bits per heavy atom. The minimum atomic E-state index is -4.67. The summed E-state index contributed by atoms with van der Waals surface area (Å²) in [5, 5.41) is 8.46. The van der Waals surface area contributed by atoms with Crippen molar-refractivity contribution in [1.82, 2.24) is 0 Å². The van der Waals surface area contributed by atoms with Crippen LogP contribution in [-0.4, -0.2) is 28.6 Å². The number of unbranched alkanes of at least 4 members (excludes halogenated alkanes) is 10. The van der Waals surface area contributed by atoms with E-state index in [0.717, 1.165) is 12.8 Å². The fourth-order valence-corrected chi connectivity index (χ4v) is 1.94. The van der Waals surface area contributed by atoms with Crippen LogP contribution in [0.2, 0.25) is 0 Å². The Morgan fingerprint density at radius 2 is 1.05 bits per heavy atom. The average Bonchev–Trinajstić information content (AvgIpc) is 2.33. The lowest BCUT2D eigenvalue weighted by atomic mass is 10.1. The van der Waals surface area contributed by atoms with Crippen molar-refractivity contribution < 1.29 is 27.4 Å². The van der Waals surface area contributed by atoms with Gasteiger partial charge in [0.1, 0.15) is 0 Å². The number of rotatable bonds is 12. The van der Waals surface area contributed by atoms with Crippen molar-refractivity contribution in [3.63, 3.8) is 0 Å². The van der Waals surface area contributed by atoms with Gasteiger partial charge < -0.3 is 5.11 Å². The smallest absolute Gasteiger partial charge is 0.394 e. The monoisotopic (exact) mass is 326 g/mol. The lowest BCUT2D eigenvalue weighted by Crippen LogP contribution is -1.93. The number of hydrogen-bond donors (Lipinski definition) is 3. The molecule has 0 saturated carbocycles. The number of hydrogen-bond acceptors (Lipinski definition) is 3. The first-order valence-electron chi connectivity index (χ1n) is 7.69. The van der Waals surface area contributed by atoms with Gasteiger partial charge in [0.05, 0.1) is 0 Å². The van der Waals surface area contributed by atoms with E-state index in [1.165, 1.54) is 57.8 Å². The minimum Gasteiger partial charge on any atom is -0.481 e. The Balaban J connectivity index is 0. The van der Waals surface area contributed by atoms with E-state index in [9.17, 15) is 4.79 Å². The molecular formula is C14H30O6S. The van der Waals surface area contributed by atoms with Crippen molar-refractivity contribution in [2.45, 2.75) is 84.0 Å². The van der Waals surface area contributed by atoms with Gasteiger partial charge in [0.25, 0.3) is 0 Å². The van der Waals surface area contributed by atoms with E-state index >= 15 is 0 Å². The molecule has 3 N–H and O–H groups in total. The van der Waals surface area contributed by atoms with Gasteiger partial charge in [-0.2, -0.15) is 8.42 Å². The molecule has 0 aromatic carbocycles. The Hall–Kier alpha value is -0.660. The van der Waals surface area contributed by atoms with Crippen LogP contribution in [0.3, 0.4) is 0 Å². The zero-order valence-corrected chi connectivity index (χ0v) is 13.8. The first-order chi connectivity index (χ1) is 9.77. The molecule has 0 aliphatic heterocycles. The maximum Gasteiger partial charge on any atom is 0.394 e. The van der Waals surface area contributed by atoms with Crippen LogP contribution < -0.4 is 0 Å². The summed E-state index contributed by atoms with van der Waals surface area (Å²) in [6.45, 7) is 2.25. The topological polar surface area (TPSA) is 112 Å².